The van der Waals surface area contributed by atoms with E-state index in [0.717, 1.165) is 46.2 Å². The van der Waals surface area contributed by atoms with Crippen LogP contribution in [0.15, 0.2) is 29.4 Å². The van der Waals surface area contributed by atoms with Crippen molar-refractivity contribution in [2.24, 2.45) is 4.99 Å². The van der Waals surface area contributed by atoms with E-state index in [0.29, 0.717) is 25.7 Å². The number of hydrogen-bond donors (Lipinski definition) is 2. The van der Waals surface area contributed by atoms with E-state index in [4.69, 9.17) is 14.2 Å². The van der Waals surface area contributed by atoms with Crippen molar-refractivity contribution in [3.63, 3.8) is 0 Å². The second-order valence-electron chi connectivity index (χ2n) is 6.31. The molecule has 144 valence electrons. The van der Waals surface area contributed by atoms with Crippen LogP contribution >= 0.6 is 0 Å². The van der Waals surface area contributed by atoms with Gasteiger partial charge in [-0.2, -0.15) is 0 Å². The highest BCUT2D eigenvalue weighted by Gasteiger charge is 2.12. The van der Waals surface area contributed by atoms with Gasteiger partial charge in [-0.1, -0.05) is 0 Å². The number of methoxy groups -OCH3 is 1. The largest absolute Gasteiger partial charge is 0.496 e. The van der Waals surface area contributed by atoms with Crippen LogP contribution in [0.2, 0.25) is 0 Å². The zero-order valence-electron chi connectivity index (χ0n) is 16.3. The average Bonchev–Trinajstić information content (AvgIpc) is 2.91. The summed E-state index contributed by atoms with van der Waals surface area (Å²) in [5, 5.41) is 6.56. The molecule has 2 aromatic rings. The Labute approximate surface area is 159 Å². The molecule has 2 heterocycles. The van der Waals surface area contributed by atoms with E-state index in [1.165, 1.54) is 0 Å². The second kappa shape index (κ2) is 8.62. The molecular formula is C20H26N4O3. The zero-order chi connectivity index (χ0) is 19.2. The summed E-state index contributed by atoms with van der Waals surface area (Å²) in [6, 6.07) is 5.78. The van der Waals surface area contributed by atoms with E-state index in [1.54, 1.807) is 14.2 Å². The Morgan fingerprint density at radius 2 is 2.00 bits per heavy atom. The van der Waals surface area contributed by atoms with Gasteiger partial charge in [0.1, 0.15) is 5.75 Å². The summed E-state index contributed by atoms with van der Waals surface area (Å²) in [5.74, 6) is 3.03. The van der Waals surface area contributed by atoms with E-state index in [-0.39, 0.29) is 0 Å². The van der Waals surface area contributed by atoms with Crippen molar-refractivity contribution >= 4 is 11.6 Å². The monoisotopic (exact) mass is 370 g/mol. The van der Waals surface area contributed by atoms with Crippen molar-refractivity contribution in [1.29, 1.82) is 0 Å². The van der Waals surface area contributed by atoms with Crippen molar-refractivity contribution in [1.82, 2.24) is 10.3 Å². The molecule has 0 unspecified atom stereocenters. The summed E-state index contributed by atoms with van der Waals surface area (Å²) in [6.07, 6.45) is 2.70. The number of aryl methyl sites for hydroxylation is 1. The normalized spacial score (nSPS) is 13.7. The van der Waals surface area contributed by atoms with E-state index in [1.807, 2.05) is 38.2 Å². The molecule has 7 nitrogen and oxygen atoms in total. The molecule has 0 saturated heterocycles. The van der Waals surface area contributed by atoms with E-state index < -0.39 is 0 Å². The smallest absolute Gasteiger partial charge is 0.195 e. The van der Waals surface area contributed by atoms with Crippen LogP contribution in [0.5, 0.6) is 17.2 Å². The van der Waals surface area contributed by atoms with Crippen LogP contribution in [0.3, 0.4) is 0 Å². The first-order valence-corrected chi connectivity index (χ1v) is 8.98. The fourth-order valence-electron chi connectivity index (χ4n) is 2.97. The maximum absolute atomic E-state index is 5.74. The van der Waals surface area contributed by atoms with Crippen molar-refractivity contribution < 1.29 is 14.2 Å². The number of benzene rings is 1. The quantitative estimate of drug-likeness (QED) is 0.636. The van der Waals surface area contributed by atoms with Gasteiger partial charge < -0.3 is 24.8 Å². The van der Waals surface area contributed by atoms with Crippen LogP contribution in [0, 0.1) is 13.8 Å². The standard InChI is InChI=1S/C20H26N4O3/c1-13-11-22-16(14(2)19(13)25-4)12-23-20(21-3)24-15-6-7-17-18(10-15)27-9-5-8-26-17/h6-7,10-11H,5,8-9,12H2,1-4H3,(H2,21,23,24). The first kappa shape index (κ1) is 18.8. The summed E-state index contributed by atoms with van der Waals surface area (Å²) in [4.78, 5) is 8.79. The van der Waals surface area contributed by atoms with Crippen LogP contribution in [0.25, 0.3) is 0 Å². The number of anilines is 1. The van der Waals surface area contributed by atoms with Crippen LogP contribution in [0.4, 0.5) is 5.69 Å². The molecular weight excluding hydrogens is 344 g/mol. The number of pyridine rings is 1. The molecule has 2 N–H and O–H groups in total. The molecule has 7 heteroatoms. The second-order valence-corrected chi connectivity index (χ2v) is 6.31. The lowest BCUT2D eigenvalue weighted by Gasteiger charge is -2.16. The highest BCUT2D eigenvalue weighted by atomic mass is 16.5. The summed E-state index contributed by atoms with van der Waals surface area (Å²) >= 11 is 0. The third-order valence-electron chi connectivity index (χ3n) is 4.41. The topological polar surface area (TPSA) is 77.0 Å². The number of aliphatic imine (C=N–C) groups is 1. The minimum atomic E-state index is 0.534. The molecule has 0 radical (unpaired) electrons. The van der Waals surface area contributed by atoms with Gasteiger partial charge in [0.2, 0.25) is 0 Å². The fourth-order valence-corrected chi connectivity index (χ4v) is 2.97. The summed E-state index contributed by atoms with van der Waals surface area (Å²) < 4.78 is 16.9. The SMILES string of the molecule is CN=C(NCc1ncc(C)c(OC)c1C)Nc1ccc2c(c1)OCCCO2. The van der Waals surface area contributed by atoms with Crippen LogP contribution < -0.4 is 24.8 Å². The third-order valence-corrected chi connectivity index (χ3v) is 4.41. The van der Waals surface area contributed by atoms with Crippen LogP contribution in [-0.2, 0) is 6.54 Å². The lowest BCUT2D eigenvalue weighted by atomic mass is 10.1. The minimum Gasteiger partial charge on any atom is -0.496 e. The Morgan fingerprint density at radius 3 is 2.74 bits per heavy atom. The first-order chi connectivity index (χ1) is 13.1. The summed E-state index contributed by atoms with van der Waals surface area (Å²) in [7, 11) is 3.41. The number of guanidine groups is 1. The summed E-state index contributed by atoms with van der Waals surface area (Å²) in [6.45, 7) is 5.86. The van der Waals surface area contributed by atoms with Gasteiger partial charge in [0.05, 0.1) is 32.6 Å². The molecule has 0 spiro atoms. The number of ether oxygens (including phenoxy) is 3. The minimum absolute atomic E-state index is 0.534. The molecule has 1 aliphatic heterocycles. The number of hydrogen-bond acceptors (Lipinski definition) is 5. The van der Waals surface area contributed by atoms with Gasteiger partial charge in [-0.15, -0.1) is 0 Å². The Hall–Kier alpha value is -2.96. The highest BCUT2D eigenvalue weighted by molar-refractivity contribution is 5.93. The lowest BCUT2D eigenvalue weighted by molar-refractivity contribution is 0.297. The summed E-state index contributed by atoms with van der Waals surface area (Å²) in [5.41, 5.74) is 3.84. The Kier molecular flexibility index (Phi) is 6.01. The van der Waals surface area contributed by atoms with E-state index >= 15 is 0 Å². The molecule has 1 aliphatic rings. The number of rotatable bonds is 4. The molecule has 1 aromatic carbocycles. The molecule has 27 heavy (non-hydrogen) atoms. The number of nitrogens with one attached hydrogen (secondary N) is 2. The maximum Gasteiger partial charge on any atom is 0.195 e. The van der Waals surface area contributed by atoms with Gasteiger partial charge in [-0.25, -0.2) is 0 Å². The first-order valence-electron chi connectivity index (χ1n) is 8.98. The third kappa shape index (κ3) is 4.42. The van der Waals surface area contributed by atoms with Gasteiger partial charge in [0.25, 0.3) is 0 Å². The van der Waals surface area contributed by atoms with Crippen molar-refractivity contribution in [3.8, 4) is 17.2 Å². The zero-order valence-corrected chi connectivity index (χ0v) is 16.3. The molecule has 0 amide bonds. The molecule has 0 atom stereocenters. The predicted octanol–water partition coefficient (Wildman–Crippen LogP) is 3.06. The fraction of sp³-hybridized carbons (Fsp3) is 0.400. The Bertz CT molecular complexity index is 836. The van der Waals surface area contributed by atoms with Crippen molar-refractivity contribution in [2.45, 2.75) is 26.8 Å². The predicted molar refractivity (Wildman–Crippen MR) is 106 cm³/mol. The van der Waals surface area contributed by atoms with Gasteiger partial charge in [-0.05, 0) is 26.0 Å². The van der Waals surface area contributed by atoms with Crippen molar-refractivity contribution in [2.75, 3.05) is 32.7 Å². The molecule has 0 saturated carbocycles. The van der Waals surface area contributed by atoms with Crippen LogP contribution in [-0.4, -0.2) is 38.3 Å². The van der Waals surface area contributed by atoms with Gasteiger partial charge in [0, 0.05) is 42.5 Å². The van der Waals surface area contributed by atoms with Gasteiger partial charge in [0.15, 0.2) is 17.5 Å². The number of nitrogens with zero attached hydrogens (tertiary/aromatic N) is 2. The van der Waals surface area contributed by atoms with Gasteiger partial charge >= 0.3 is 0 Å². The van der Waals surface area contributed by atoms with Crippen molar-refractivity contribution in [3.05, 3.63) is 41.2 Å². The number of fused-ring (bicyclic) bond motifs is 1. The molecule has 0 fully saturated rings. The maximum atomic E-state index is 5.74. The van der Waals surface area contributed by atoms with E-state index in [9.17, 15) is 0 Å². The molecule has 0 aliphatic carbocycles. The lowest BCUT2D eigenvalue weighted by Crippen LogP contribution is -2.30. The van der Waals surface area contributed by atoms with Crippen LogP contribution in [0.1, 0.15) is 23.2 Å². The highest BCUT2D eigenvalue weighted by Crippen LogP contribution is 2.32. The Morgan fingerprint density at radius 1 is 1.22 bits per heavy atom. The molecule has 1 aromatic heterocycles. The molecule has 3 rings (SSSR count). The average molecular weight is 370 g/mol. The van der Waals surface area contributed by atoms with E-state index in [2.05, 4.69) is 20.6 Å². The Balaban J connectivity index is 1.68. The number of aromatic nitrogens is 1. The van der Waals surface area contributed by atoms with Gasteiger partial charge in [-0.3, -0.25) is 9.98 Å². The molecule has 0 bridgehead atoms.